The van der Waals surface area contributed by atoms with Gasteiger partial charge in [-0.2, -0.15) is 0 Å². The molecule has 0 radical (unpaired) electrons. The summed E-state index contributed by atoms with van der Waals surface area (Å²) in [4.78, 5) is 23.1. The van der Waals surface area contributed by atoms with Gasteiger partial charge < -0.3 is 10.6 Å². The maximum atomic E-state index is 11.6. The van der Waals surface area contributed by atoms with Crippen LogP contribution in [0.15, 0.2) is 6.20 Å². The summed E-state index contributed by atoms with van der Waals surface area (Å²) in [7, 11) is 3.33. The van der Waals surface area contributed by atoms with Gasteiger partial charge in [-0.1, -0.05) is 19.1 Å². The lowest BCUT2D eigenvalue weighted by atomic mass is 10.1. The fraction of sp³-hybridized carbons (Fsp3) is 0.692. The minimum Gasteiger partial charge on any atom is -0.358 e. The molecule has 0 spiro atoms. The van der Waals surface area contributed by atoms with Crippen molar-refractivity contribution in [3.05, 3.63) is 11.9 Å². The third kappa shape index (κ3) is 4.73. The molecule has 1 amide bonds. The predicted molar refractivity (Wildman–Crippen MR) is 75.1 cm³/mol. The first kappa shape index (κ1) is 16.3. The Hall–Kier alpha value is -1.76. The number of nitrogens with zero attached hydrogens (tertiary/aromatic N) is 3. The Morgan fingerprint density at radius 3 is 2.60 bits per heavy atom. The summed E-state index contributed by atoms with van der Waals surface area (Å²) in [5.41, 5.74) is 0.727. The number of hydrogen-bond donors (Lipinski definition) is 2. The van der Waals surface area contributed by atoms with E-state index in [-0.39, 0.29) is 23.7 Å². The van der Waals surface area contributed by atoms with Crippen LogP contribution < -0.4 is 10.6 Å². The van der Waals surface area contributed by atoms with Gasteiger partial charge in [-0.05, 0) is 7.05 Å². The Labute approximate surface area is 119 Å². The Bertz CT molecular complexity index is 455. The van der Waals surface area contributed by atoms with E-state index in [0.29, 0.717) is 19.4 Å². The molecule has 0 aliphatic carbocycles. The molecule has 0 aliphatic heterocycles. The molecule has 1 aromatic rings. The molecular formula is C13H23N5O2. The van der Waals surface area contributed by atoms with Crippen LogP contribution >= 0.6 is 0 Å². The number of carbonyl (C=O) groups is 2. The molecule has 0 aromatic carbocycles. The number of rotatable bonds is 8. The number of amides is 1. The average Bonchev–Trinajstić information content (AvgIpc) is 2.88. The van der Waals surface area contributed by atoms with Crippen molar-refractivity contribution in [2.45, 2.75) is 39.3 Å². The lowest BCUT2D eigenvalue weighted by molar-refractivity contribution is -0.123. The van der Waals surface area contributed by atoms with Gasteiger partial charge in [0.25, 0.3) is 0 Å². The molecule has 0 fully saturated rings. The fourth-order valence-electron chi connectivity index (χ4n) is 1.76. The van der Waals surface area contributed by atoms with Crippen LogP contribution in [0.25, 0.3) is 0 Å². The molecular weight excluding hydrogens is 258 g/mol. The number of hydrogen-bond acceptors (Lipinski definition) is 5. The number of likely N-dealkylation sites (N-methyl/N-ethyl adjacent to an activating group) is 2. The van der Waals surface area contributed by atoms with Crippen molar-refractivity contribution in [2.24, 2.45) is 5.92 Å². The number of ketones is 1. The van der Waals surface area contributed by atoms with Crippen LogP contribution in [0.1, 0.15) is 26.0 Å². The van der Waals surface area contributed by atoms with Crippen molar-refractivity contribution in [1.29, 1.82) is 0 Å². The summed E-state index contributed by atoms with van der Waals surface area (Å²) >= 11 is 0. The Morgan fingerprint density at radius 2 is 2.05 bits per heavy atom. The molecule has 1 heterocycles. The molecule has 2 N–H and O–H groups in total. The fourth-order valence-corrected chi connectivity index (χ4v) is 1.76. The predicted octanol–water partition coefficient (Wildman–Crippen LogP) is -0.230. The van der Waals surface area contributed by atoms with Crippen molar-refractivity contribution in [2.75, 3.05) is 14.1 Å². The van der Waals surface area contributed by atoms with Crippen LogP contribution in [-0.2, 0) is 22.6 Å². The number of aryl methyl sites for hydroxylation is 1. The van der Waals surface area contributed by atoms with E-state index in [9.17, 15) is 9.59 Å². The van der Waals surface area contributed by atoms with Crippen molar-refractivity contribution < 1.29 is 9.59 Å². The van der Waals surface area contributed by atoms with Gasteiger partial charge in [0.15, 0.2) is 0 Å². The van der Waals surface area contributed by atoms with Crippen LogP contribution in [-0.4, -0.2) is 46.8 Å². The van der Waals surface area contributed by atoms with E-state index in [0.717, 1.165) is 5.69 Å². The van der Waals surface area contributed by atoms with Crippen molar-refractivity contribution >= 4 is 11.7 Å². The summed E-state index contributed by atoms with van der Waals surface area (Å²) in [6, 6.07) is -0.331. The Balaban J connectivity index is 2.54. The third-order valence-corrected chi connectivity index (χ3v) is 3.14. The average molecular weight is 281 g/mol. The van der Waals surface area contributed by atoms with Crippen LogP contribution in [0.3, 0.4) is 0 Å². The Morgan fingerprint density at radius 1 is 1.35 bits per heavy atom. The standard InChI is InChI=1S/C13H23N5O2/c1-9(2)12(19)5-6-18-8-10(16-17-18)7-11(14-3)13(20)15-4/h8-9,11,14H,5-7H2,1-4H3,(H,15,20). The van der Waals surface area contributed by atoms with Crippen LogP contribution in [0.4, 0.5) is 0 Å². The van der Waals surface area contributed by atoms with E-state index < -0.39 is 0 Å². The molecule has 1 unspecified atom stereocenters. The third-order valence-electron chi connectivity index (χ3n) is 3.14. The van der Waals surface area contributed by atoms with Crippen molar-refractivity contribution in [3.8, 4) is 0 Å². The molecule has 1 atom stereocenters. The molecule has 1 rings (SSSR count). The second kappa shape index (κ2) is 7.74. The number of carbonyl (C=O) groups excluding carboxylic acids is 2. The van der Waals surface area contributed by atoms with Gasteiger partial charge in [-0.15, -0.1) is 5.10 Å². The summed E-state index contributed by atoms with van der Waals surface area (Å²) in [6.07, 6.45) is 2.69. The largest absolute Gasteiger partial charge is 0.358 e. The molecule has 112 valence electrons. The second-order valence-corrected chi connectivity index (χ2v) is 5.00. The quantitative estimate of drug-likeness (QED) is 0.687. The van der Waals surface area contributed by atoms with Gasteiger partial charge in [0.2, 0.25) is 5.91 Å². The van der Waals surface area contributed by atoms with Crippen LogP contribution in [0, 0.1) is 5.92 Å². The molecule has 0 bridgehead atoms. The molecule has 20 heavy (non-hydrogen) atoms. The topological polar surface area (TPSA) is 88.9 Å². The van der Waals surface area contributed by atoms with Gasteiger partial charge in [-0.3, -0.25) is 14.3 Å². The van der Waals surface area contributed by atoms with E-state index in [4.69, 9.17) is 0 Å². The summed E-state index contributed by atoms with van der Waals surface area (Å²) in [6.45, 7) is 4.29. The highest BCUT2D eigenvalue weighted by Gasteiger charge is 2.17. The van der Waals surface area contributed by atoms with Gasteiger partial charge >= 0.3 is 0 Å². The molecule has 0 saturated heterocycles. The van der Waals surface area contributed by atoms with Crippen molar-refractivity contribution in [1.82, 2.24) is 25.6 Å². The summed E-state index contributed by atoms with van der Waals surface area (Å²) in [5.74, 6) is 0.164. The van der Waals surface area contributed by atoms with E-state index >= 15 is 0 Å². The first-order valence-corrected chi connectivity index (χ1v) is 6.78. The normalized spacial score (nSPS) is 12.4. The van der Waals surface area contributed by atoms with Crippen LogP contribution in [0.2, 0.25) is 0 Å². The molecule has 7 nitrogen and oxygen atoms in total. The van der Waals surface area contributed by atoms with Crippen LogP contribution in [0.5, 0.6) is 0 Å². The maximum absolute atomic E-state index is 11.6. The SMILES string of the molecule is CNC(=O)C(Cc1cn(CCC(=O)C(C)C)nn1)NC. The second-order valence-electron chi connectivity index (χ2n) is 5.00. The summed E-state index contributed by atoms with van der Waals surface area (Å²) in [5, 5.41) is 13.5. The number of Topliss-reactive ketones (excluding diaryl/α,β-unsaturated/α-hetero) is 1. The van der Waals surface area contributed by atoms with Gasteiger partial charge in [-0.25, -0.2) is 0 Å². The molecule has 7 heteroatoms. The van der Waals surface area contributed by atoms with Gasteiger partial charge in [0, 0.05) is 38.5 Å². The molecule has 1 aromatic heterocycles. The lowest BCUT2D eigenvalue weighted by Gasteiger charge is -2.12. The monoisotopic (exact) mass is 281 g/mol. The Kier molecular flexibility index (Phi) is 6.30. The summed E-state index contributed by atoms with van der Waals surface area (Å²) < 4.78 is 1.65. The molecule has 0 saturated carbocycles. The zero-order valence-corrected chi connectivity index (χ0v) is 12.5. The highest BCUT2D eigenvalue weighted by Crippen LogP contribution is 2.03. The highest BCUT2D eigenvalue weighted by atomic mass is 16.2. The minimum absolute atomic E-state index is 0.0416. The van der Waals surface area contributed by atoms with E-state index in [2.05, 4.69) is 20.9 Å². The number of aromatic nitrogens is 3. The van der Waals surface area contributed by atoms with Gasteiger partial charge in [0.1, 0.15) is 5.78 Å². The van der Waals surface area contributed by atoms with E-state index in [1.165, 1.54) is 0 Å². The lowest BCUT2D eigenvalue weighted by Crippen LogP contribution is -2.42. The highest BCUT2D eigenvalue weighted by molar-refractivity contribution is 5.81. The first-order valence-electron chi connectivity index (χ1n) is 6.78. The first-order chi connectivity index (χ1) is 9.47. The zero-order chi connectivity index (χ0) is 15.1. The molecule has 0 aliphatic rings. The van der Waals surface area contributed by atoms with E-state index in [1.54, 1.807) is 25.0 Å². The number of nitrogens with one attached hydrogen (secondary N) is 2. The van der Waals surface area contributed by atoms with Gasteiger partial charge in [0.05, 0.1) is 11.7 Å². The zero-order valence-electron chi connectivity index (χ0n) is 12.5. The maximum Gasteiger partial charge on any atom is 0.237 e. The van der Waals surface area contributed by atoms with E-state index in [1.807, 2.05) is 13.8 Å². The van der Waals surface area contributed by atoms with Crippen molar-refractivity contribution in [3.63, 3.8) is 0 Å². The smallest absolute Gasteiger partial charge is 0.237 e. The minimum atomic E-state index is -0.331.